The fraction of sp³-hybridized carbons (Fsp3) is 0.179. The summed E-state index contributed by atoms with van der Waals surface area (Å²) in [5.74, 6) is -2.12. The molecule has 11 nitrogen and oxygen atoms in total. The topological polar surface area (TPSA) is 151 Å². The van der Waals surface area contributed by atoms with Crippen molar-refractivity contribution in [3.05, 3.63) is 95.8 Å². The summed E-state index contributed by atoms with van der Waals surface area (Å²) in [7, 11) is 0. The van der Waals surface area contributed by atoms with Crippen LogP contribution in [-0.2, 0) is 4.79 Å². The van der Waals surface area contributed by atoms with Gasteiger partial charge in [0, 0.05) is 34.1 Å². The zero-order valence-corrected chi connectivity index (χ0v) is 21.7. The van der Waals surface area contributed by atoms with Crippen molar-refractivity contribution in [2.24, 2.45) is 11.8 Å². The summed E-state index contributed by atoms with van der Waals surface area (Å²) in [4.78, 5) is 27.5. The molecule has 2 aromatic carbocycles. The highest BCUT2D eigenvalue weighted by Crippen LogP contribution is 2.45. The van der Waals surface area contributed by atoms with Crippen LogP contribution in [-0.4, -0.2) is 52.4 Å². The van der Waals surface area contributed by atoms with Crippen LogP contribution in [0.5, 0.6) is 0 Å². The van der Waals surface area contributed by atoms with Crippen molar-refractivity contribution in [3.8, 4) is 27.9 Å². The summed E-state index contributed by atoms with van der Waals surface area (Å²) < 4.78 is 3.48. The number of benzene rings is 2. The summed E-state index contributed by atoms with van der Waals surface area (Å²) in [6, 6.07) is 15.6. The molecule has 1 aliphatic rings. The molecule has 3 N–H and O–H groups in total. The predicted octanol–water partition coefficient (Wildman–Crippen LogP) is 4.06. The molecule has 0 amide bonds. The minimum atomic E-state index is -0.987. The Hall–Kier alpha value is -4.90. The first-order valence-electron chi connectivity index (χ1n) is 12.5. The molecule has 0 aliphatic heterocycles. The van der Waals surface area contributed by atoms with E-state index in [0.29, 0.717) is 17.9 Å². The van der Waals surface area contributed by atoms with Crippen LogP contribution in [0.3, 0.4) is 0 Å². The Morgan fingerprint density at radius 2 is 1.85 bits per heavy atom. The van der Waals surface area contributed by atoms with Gasteiger partial charge in [0.15, 0.2) is 5.21 Å². The highest BCUT2D eigenvalue weighted by Gasteiger charge is 2.44. The van der Waals surface area contributed by atoms with E-state index in [1.54, 1.807) is 58.4 Å². The third kappa shape index (κ3) is 5.06. The predicted molar refractivity (Wildman–Crippen MR) is 143 cm³/mol. The lowest BCUT2D eigenvalue weighted by molar-refractivity contribution is -0.659. The SMILES string of the molecule is O=C(O)c1ccc(-c2cnn(C(C[C@@H]3C[C@H]3C(=O)O)c3ccc(-c4cc(Cl)ccc4-[n+]4cnn[nH]4)cn3)c2)cc1. The van der Waals surface area contributed by atoms with Crippen LogP contribution in [0.2, 0.25) is 5.02 Å². The zero-order valence-electron chi connectivity index (χ0n) is 20.9. The third-order valence-electron chi connectivity index (χ3n) is 7.19. The van der Waals surface area contributed by atoms with Crippen molar-refractivity contribution < 1.29 is 24.5 Å². The van der Waals surface area contributed by atoms with Crippen LogP contribution in [0.4, 0.5) is 0 Å². The lowest BCUT2D eigenvalue weighted by atomic mass is 10.0. The Balaban J connectivity index is 1.33. The number of aromatic nitrogens is 7. The quantitative estimate of drug-likeness (QED) is 0.230. The molecule has 6 rings (SSSR count). The van der Waals surface area contributed by atoms with Gasteiger partial charge in [-0.15, -0.1) is 4.68 Å². The van der Waals surface area contributed by atoms with E-state index in [2.05, 4.69) is 20.6 Å². The molecule has 3 heterocycles. The zero-order chi connectivity index (χ0) is 27.8. The number of halogens is 1. The Labute approximate surface area is 232 Å². The Morgan fingerprint density at radius 1 is 1.05 bits per heavy atom. The molecule has 3 atom stereocenters. The average molecular weight is 557 g/mol. The molecule has 1 unspecified atom stereocenters. The highest BCUT2D eigenvalue weighted by molar-refractivity contribution is 6.31. The van der Waals surface area contributed by atoms with Gasteiger partial charge in [0.25, 0.3) is 6.33 Å². The number of carbonyl (C=O) groups is 2. The molecule has 200 valence electrons. The minimum Gasteiger partial charge on any atom is -0.481 e. The van der Waals surface area contributed by atoms with Crippen molar-refractivity contribution >= 4 is 23.5 Å². The molecule has 12 heteroatoms. The van der Waals surface area contributed by atoms with Crippen molar-refractivity contribution in [1.29, 1.82) is 0 Å². The number of hydrogen-bond donors (Lipinski definition) is 3. The molecular weight excluding hydrogens is 534 g/mol. The Kier molecular flexibility index (Phi) is 6.56. The number of pyridine rings is 1. The monoisotopic (exact) mass is 556 g/mol. The van der Waals surface area contributed by atoms with Gasteiger partial charge in [-0.3, -0.25) is 14.5 Å². The third-order valence-corrected chi connectivity index (χ3v) is 7.42. The van der Waals surface area contributed by atoms with Gasteiger partial charge in [-0.25, -0.2) is 4.79 Å². The van der Waals surface area contributed by atoms with Gasteiger partial charge < -0.3 is 10.2 Å². The number of rotatable bonds is 9. The van der Waals surface area contributed by atoms with Gasteiger partial charge >= 0.3 is 11.9 Å². The number of carboxylic acid groups (broad SMARTS) is 2. The molecule has 1 fully saturated rings. The lowest BCUT2D eigenvalue weighted by Crippen LogP contribution is -2.32. The summed E-state index contributed by atoms with van der Waals surface area (Å²) >= 11 is 6.31. The summed E-state index contributed by atoms with van der Waals surface area (Å²) in [6.07, 6.45) is 8.11. The molecule has 0 radical (unpaired) electrons. The number of nitrogens with zero attached hydrogens (tertiary/aromatic N) is 6. The maximum Gasteiger partial charge on any atom is 0.335 e. The maximum absolute atomic E-state index is 11.5. The molecule has 1 aliphatic carbocycles. The minimum absolute atomic E-state index is 0.0234. The fourth-order valence-corrected chi connectivity index (χ4v) is 5.10. The van der Waals surface area contributed by atoms with Crippen LogP contribution in [0, 0.1) is 11.8 Å². The molecule has 5 aromatic rings. The molecule has 1 saturated carbocycles. The number of carboxylic acids is 2. The number of aliphatic carboxylic acids is 1. The van der Waals surface area contributed by atoms with Crippen molar-refractivity contribution in [2.45, 2.75) is 18.9 Å². The second kappa shape index (κ2) is 10.3. The first-order valence-corrected chi connectivity index (χ1v) is 12.9. The number of hydrogen-bond acceptors (Lipinski definition) is 6. The highest BCUT2D eigenvalue weighted by atomic mass is 35.5. The maximum atomic E-state index is 11.5. The van der Waals surface area contributed by atoms with Crippen LogP contribution < -0.4 is 4.68 Å². The summed E-state index contributed by atoms with van der Waals surface area (Å²) in [6.45, 7) is 0. The standard InChI is InChI=1S/C28H22ClN7O4/c29-21-6-8-25(36-15-31-33-34-36)22(11-21)18-5-7-24(30-12-18)26(10-19-9-23(19)28(39)40)35-14-20(13-32-35)16-1-3-17(4-2-16)27(37)38/h1-8,11-15,19,23,26H,9-10H2,(H2,37,38,39,40)/p+1/t19-,23+,26?/m0/s1. The van der Waals surface area contributed by atoms with E-state index < -0.39 is 11.9 Å². The number of tetrazole rings is 1. The molecular formula is C28H23ClN7O4+. The molecule has 0 saturated heterocycles. The lowest BCUT2D eigenvalue weighted by Gasteiger charge is -2.18. The van der Waals surface area contributed by atoms with Crippen molar-refractivity contribution in [1.82, 2.24) is 30.3 Å². The van der Waals surface area contributed by atoms with Gasteiger partial charge in [-0.2, -0.15) is 5.10 Å². The average Bonchev–Trinajstić information content (AvgIpc) is 3.30. The van der Waals surface area contributed by atoms with Crippen LogP contribution in [0.25, 0.3) is 27.9 Å². The second-order valence-corrected chi connectivity index (χ2v) is 10.2. The van der Waals surface area contributed by atoms with Gasteiger partial charge in [0.1, 0.15) is 10.8 Å². The van der Waals surface area contributed by atoms with Crippen LogP contribution >= 0.6 is 11.6 Å². The fourth-order valence-electron chi connectivity index (χ4n) is 4.93. The van der Waals surface area contributed by atoms with Crippen LogP contribution in [0.1, 0.15) is 34.9 Å². The van der Waals surface area contributed by atoms with Gasteiger partial charge in [-0.1, -0.05) is 35.0 Å². The molecule has 3 aromatic heterocycles. The largest absolute Gasteiger partial charge is 0.481 e. The Morgan fingerprint density at radius 3 is 2.50 bits per heavy atom. The normalized spacial score (nSPS) is 16.9. The van der Waals surface area contributed by atoms with Crippen molar-refractivity contribution in [3.63, 3.8) is 0 Å². The van der Waals surface area contributed by atoms with E-state index >= 15 is 0 Å². The number of nitrogens with one attached hydrogen (secondary N) is 1. The molecule has 0 spiro atoms. The molecule has 40 heavy (non-hydrogen) atoms. The van der Waals surface area contributed by atoms with E-state index in [1.165, 1.54) is 0 Å². The van der Waals surface area contributed by atoms with E-state index in [-0.39, 0.29) is 23.4 Å². The number of H-pyrrole nitrogens is 1. The molecule has 0 bridgehead atoms. The first kappa shape index (κ1) is 25.4. The van der Waals surface area contributed by atoms with Gasteiger partial charge in [-0.05, 0) is 60.7 Å². The van der Waals surface area contributed by atoms with Gasteiger partial charge in [0.05, 0.1) is 29.4 Å². The van der Waals surface area contributed by atoms with Gasteiger partial charge in [0.2, 0.25) is 0 Å². The number of aromatic carboxylic acids is 1. The van der Waals surface area contributed by atoms with E-state index in [4.69, 9.17) is 16.6 Å². The van der Waals surface area contributed by atoms with Crippen LogP contribution in [0.15, 0.2) is 79.5 Å². The van der Waals surface area contributed by atoms with E-state index in [9.17, 15) is 19.8 Å². The summed E-state index contributed by atoms with van der Waals surface area (Å²) in [5.41, 5.74) is 5.06. The Bertz CT molecular complexity index is 1680. The van der Waals surface area contributed by atoms with Crippen molar-refractivity contribution in [2.75, 3.05) is 0 Å². The second-order valence-electron chi connectivity index (χ2n) is 9.72. The van der Waals surface area contributed by atoms with E-state index in [0.717, 1.165) is 33.6 Å². The smallest absolute Gasteiger partial charge is 0.335 e. The number of aromatic amines is 1. The first-order chi connectivity index (χ1) is 19.4. The summed E-state index contributed by atoms with van der Waals surface area (Å²) in [5, 5.41) is 34.3. The van der Waals surface area contributed by atoms with E-state index in [1.807, 2.05) is 30.5 Å².